The van der Waals surface area contributed by atoms with Gasteiger partial charge in [-0.3, -0.25) is 0 Å². The van der Waals surface area contributed by atoms with Crippen LogP contribution >= 0.6 is 0 Å². The second-order valence-electron chi connectivity index (χ2n) is 5.23. The van der Waals surface area contributed by atoms with Gasteiger partial charge in [0.05, 0.1) is 6.61 Å². The Bertz CT molecular complexity index is 171. The molecule has 0 aromatic rings. The van der Waals surface area contributed by atoms with E-state index < -0.39 is 0 Å². The van der Waals surface area contributed by atoms with Gasteiger partial charge in [0.15, 0.2) is 0 Å². The number of methoxy groups -OCH3 is 1. The molecule has 0 saturated carbocycles. The molecule has 0 amide bonds. The highest BCUT2D eigenvalue weighted by molar-refractivity contribution is 4.80. The van der Waals surface area contributed by atoms with Crippen LogP contribution in [0.5, 0.6) is 0 Å². The van der Waals surface area contributed by atoms with E-state index in [2.05, 4.69) is 18.7 Å². The Morgan fingerprint density at radius 1 is 1.50 bits per heavy atom. The van der Waals surface area contributed by atoms with Crippen LogP contribution in [0, 0.1) is 5.41 Å². The predicted molar refractivity (Wildman–Crippen MR) is 59.3 cm³/mol. The molecule has 0 aromatic carbocycles. The zero-order valence-corrected chi connectivity index (χ0v) is 9.75. The summed E-state index contributed by atoms with van der Waals surface area (Å²) in [7, 11) is 1.77. The van der Waals surface area contributed by atoms with Gasteiger partial charge in [0, 0.05) is 31.7 Å². The highest BCUT2D eigenvalue weighted by atomic mass is 16.5. The normalized spacial score (nSPS) is 25.3. The maximum Gasteiger partial charge on any atom is 0.0525 e. The fraction of sp³-hybridized carbons (Fsp3) is 1.00. The van der Waals surface area contributed by atoms with E-state index in [1.165, 1.54) is 19.4 Å². The molecule has 1 saturated heterocycles. The quantitative estimate of drug-likeness (QED) is 0.738. The van der Waals surface area contributed by atoms with E-state index in [1.54, 1.807) is 7.11 Å². The fourth-order valence-corrected chi connectivity index (χ4v) is 2.28. The molecular weight excluding hydrogens is 176 g/mol. The third-order valence-corrected chi connectivity index (χ3v) is 2.73. The molecule has 1 rings (SSSR count). The van der Waals surface area contributed by atoms with Gasteiger partial charge in [-0.05, 0) is 19.4 Å². The van der Waals surface area contributed by atoms with E-state index in [-0.39, 0.29) is 5.41 Å². The van der Waals surface area contributed by atoms with Crippen molar-refractivity contribution in [1.29, 1.82) is 0 Å². The van der Waals surface area contributed by atoms with Gasteiger partial charge in [-0.1, -0.05) is 13.8 Å². The Hall–Kier alpha value is -0.120. The molecule has 84 valence electrons. The minimum absolute atomic E-state index is 0.242. The summed E-state index contributed by atoms with van der Waals surface area (Å²) in [6, 6.07) is 0.377. The smallest absolute Gasteiger partial charge is 0.0525 e. The van der Waals surface area contributed by atoms with Gasteiger partial charge < -0.3 is 15.4 Å². The van der Waals surface area contributed by atoms with E-state index in [9.17, 15) is 0 Å². The van der Waals surface area contributed by atoms with Crippen molar-refractivity contribution < 1.29 is 4.74 Å². The monoisotopic (exact) mass is 200 g/mol. The molecule has 0 spiro atoms. The lowest BCUT2D eigenvalue weighted by Crippen LogP contribution is -2.47. The van der Waals surface area contributed by atoms with Crippen LogP contribution in [0.3, 0.4) is 0 Å². The second kappa shape index (κ2) is 5.10. The van der Waals surface area contributed by atoms with Crippen LogP contribution in [0.15, 0.2) is 0 Å². The summed E-state index contributed by atoms with van der Waals surface area (Å²) in [6.07, 6.45) is 2.42. The molecule has 1 fully saturated rings. The zero-order chi connectivity index (χ0) is 10.6. The first-order valence-electron chi connectivity index (χ1n) is 5.50. The largest absolute Gasteiger partial charge is 0.384 e. The number of likely N-dealkylation sites (tertiary alicyclic amines) is 1. The van der Waals surface area contributed by atoms with Gasteiger partial charge in [0.25, 0.3) is 0 Å². The molecule has 1 heterocycles. The lowest BCUT2D eigenvalue weighted by molar-refractivity contribution is 0.0604. The van der Waals surface area contributed by atoms with Crippen molar-refractivity contribution in [3.8, 4) is 0 Å². The first-order valence-corrected chi connectivity index (χ1v) is 5.50. The number of nitrogens with zero attached hydrogens (tertiary/aromatic N) is 1. The van der Waals surface area contributed by atoms with Gasteiger partial charge in [-0.25, -0.2) is 0 Å². The lowest BCUT2D eigenvalue weighted by atomic mass is 9.92. The van der Waals surface area contributed by atoms with Crippen molar-refractivity contribution >= 4 is 0 Å². The number of piperidine rings is 1. The van der Waals surface area contributed by atoms with Gasteiger partial charge in [-0.15, -0.1) is 0 Å². The zero-order valence-electron chi connectivity index (χ0n) is 9.75. The van der Waals surface area contributed by atoms with Crippen LogP contribution in [-0.2, 0) is 4.74 Å². The van der Waals surface area contributed by atoms with Gasteiger partial charge >= 0.3 is 0 Å². The van der Waals surface area contributed by atoms with E-state index >= 15 is 0 Å². The molecule has 14 heavy (non-hydrogen) atoms. The minimum Gasteiger partial charge on any atom is -0.384 e. The number of hydrogen-bond donors (Lipinski definition) is 1. The average Bonchev–Trinajstić information content (AvgIpc) is 2.02. The van der Waals surface area contributed by atoms with Crippen molar-refractivity contribution in [2.45, 2.75) is 32.7 Å². The molecule has 3 heteroatoms. The molecule has 1 aliphatic heterocycles. The first kappa shape index (κ1) is 12.0. The number of nitrogens with two attached hydrogens (primary N) is 1. The van der Waals surface area contributed by atoms with Crippen LogP contribution in [0.4, 0.5) is 0 Å². The molecule has 0 radical (unpaired) electrons. The van der Waals surface area contributed by atoms with Crippen LogP contribution < -0.4 is 5.73 Å². The Morgan fingerprint density at radius 2 is 2.21 bits per heavy atom. The van der Waals surface area contributed by atoms with Crippen LogP contribution in [0.25, 0.3) is 0 Å². The summed E-state index contributed by atoms with van der Waals surface area (Å²) in [5.41, 5.74) is 6.19. The minimum atomic E-state index is 0.242. The Labute approximate surface area is 87.6 Å². The van der Waals surface area contributed by atoms with E-state index in [0.29, 0.717) is 6.04 Å². The van der Waals surface area contributed by atoms with Gasteiger partial charge in [0.1, 0.15) is 0 Å². The molecule has 0 bridgehead atoms. The third-order valence-electron chi connectivity index (χ3n) is 2.73. The maximum absolute atomic E-state index is 5.95. The van der Waals surface area contributed by atoms with Crippen molar-refractivity contribution in [3.63, 3.8) is 0 Å². The molecule has 0 aliphatic carbocycles. The second-order valence-corrected chi connectivity index (χ2v) is 5.23. The number of rotatable bonds is 4. The van der Waals surface area contributed by atoms with Crippen molar-refractivity contribution in [2.24, 2.45) is 11.1 Å². The van der Waals surface area contributed by atoms with E-state index in [1.807, 2.05) is 0 Å². The maximum atomic E-state index is 5.95. The third kappa shape index (κ3) is 3.95. The van der Waals surface area contributed by atoms with Gasteiger partial charge in [0.2, 0.25) is 0 Å². The van der Waals surface area contributed by atoms with Crippen molar-refractivity contribution in [2.75, 3.05) is 33.4 Å². The Morgan fingerprint density at radius 3 is 2.79 bits per heavy atom. The predicted octanol–water partition coefficient (Wildman–Crippen LogP) is 1.08. The summed E-state index contributed by atoms with van der Waals surface area (Å²) < 4.78 is 5.22. The fourth-order valence-electron chi connectivity index (χ4n) is 2.28. The van der Waals surface area contributed by atoms with Crippen LogP contribution in [0.1, 0.15) is 26.7 Å². The topological polar surface area (TPSA) is 38.5 Å². The summed E-state index contributed by atoms with van der Waals surface area (Å²) in [5, 5.41) is 0. The summed E-state index contributed by atoms with van der Waals surface area (Å²) in [6.45, 7) is 8.65. The average molecular weight is 200 g/mol. The summed E-state index contributed by atoms with van der Waals surface area (Å²) in [5.74, 6) is 0. The standard InChI is InChI=1S/C11H24N2O/c1-11(2,9-14-3)8-13-6-4-5-10(12)7-13/h10H,4-9,12H2,1-3H3. The highest BCUT2D eigenvalue weighted by Gasteiger charge is 2.24. The van der Waals surface area contributed by atoms with Gasteiger partial charge in [-0.2, -0.15) is 0 Å². The Balaban J connectivity index is 2.34. The van der Waals surface area contributed by atoms with E-state index in [4.69, 9.17) is 10.5 Å². The number of ether oxygens (including phenoxy) is 1. The molecule has 1 atom stereocenters. The van der Waals surface area contributed by atoms with Crippen LogP contribution in [0.2, 0.25) is 0 Å². The molecule has 1 unspecified atom stereocenters. The summed E-state index contributed by atoms with van der Waals surface area (Å²) in [4.78, 5) is 2.47. The SMILES string of the molecule is COCC(C)(C)CN1CCCC(N)C1. The molecule has 0 aromatic heterocycles. The molecular formula is C11H24N2O. The highest BCUT2D eigenvalue weighted by Crippen LogP contribution is 2.19. The Kier molecular flexibility index (Phi) is 4.35. The first-order chi connectivity index (χ1) is 6.53. The van der Waals surface area contributed by atoms with Crippen molar-refractivity contribution in [1.82, 2.24) is 4.90 Å². The number of hydrogen-bond acceptors (Lipinski definition) is 3. The molecule has 1 aliphatic rings. The lowest BCUT2D eigenvalue weighted by Gasteiger charge is -2.36. The van der Waals surface area contributed by atoms with E-state index in [0.717, 1.165) is 19.7 Å². The summed E-state index contributed by atoms with van der Waals surface area (Å²) >= 11 is 0. The molecule has 3 nitrogen and oxygen atoms in total. The molecule has 2 N–H and O–H groups in total. The van der Waals surface area contributed by atoms with Crippen LogP contribution in [-0.4, -0.2) is 44.3 Å². The van der Waals surface area contributed by atoms with Crippen molar-refractivity contribution in [3.05, 3.63) is 0 Å².